The molecule has 1 saturated heterocycles. The smallest absolute Gasteiger partial charge is 0.283 e. The molecule has 1 aliphatic heterocycles. The predicted molar refractivity (Wildman–Crippen MR) is 106 cm³/mol. The number of hydrogen-bond donors (Lipinski definition) is 0. The number of methoxy groups -OCH3 is 1. The van der Waals surface area contributed by atoms with Gasteiger partial charge in [-0.25, -0.2) is 4.68 Å². The molecule has 1 atom stereocenters. The molecule has 8 heteroatoms. The second-order valence-electron chi connectivity index (χ2n) is 7.52. The van der Waals surface area contributed by atoms with Gasteiger partial charge in [-0.1, -0.05) is 43.7 Å². The van der Waals surface area contributed by atoms with Crippen molar-refractivity contribution in [1.82, 2.24) is 9.78 Å². The molecular formula is C19H24ClN3O3S. The number of amides is 1. The first-order valence-corrected chi connectivity index (χ1v) is 10.1. The van der Waals surface area contributed by atoms with Gasteiger partial charge in [-0.2, -0.15) is 10.1 Å². The van der Waals surface area contributed by atoms with Crippen LogP contribution in [0, 0.1) is 0 Å². The molecule has 0 unspecified atom stereocenters. The summed E-state index contributed by atoms with van der Waals surface area (Å²) >= 11 is 7.47. The van der Waals surface area contributed by atoms with E-state index in [0.717, 1.165) is 24.5 Å². The third kappa shape index (κ3) is 4.78. The van der Waals surface area contributed by atoms with Gasteiger partial charge in [0.05, 0.1) is 25.3 Å². The van der Waals surface area contributed by atoms with Crippen LogP contribution in [0.3, 0.4) is 0 Å². The summed E-state index contributed by atoms with van der Waals surface area (Å²) < 4.78 is 12.8. The van der Waals surface area contributed by atoms with Gasteiger partial charge in [0.25, 0.3) is 5.91 Å². The van der Waals surface area contributed by atoms with E-state index in [0.29, 0.717) is 27.7 Å². The Kier molecular flexibility index (Phi) is 6.03. The summed E-state index contributed by atoms with van der Waals surface area (Å²) in [5.74, 6) is 0.0407. The molecule has 2 heterocycles. The second-order valence-corrected chi connectivity index (χ2v) is 8.91. The lowest BCUT2D eigenvalue weighted by Gasteiger charge is -2.13. The number of rotatable bonds is 4. The fourth-order valence-electron chi connectivity index (χ4n) is 2.79. The zero-order valence-electron chi connectivity index (χ0n) is 16.0. The molecule has 0 bridgehead atoms. The highest BCUT2D eigenvalue weighted by molar-refractivity contribution is 7.09. The van der Waals surface area contributed by atoms with E-state index in [2.05, 4.69) is 25.8 Å². The maximum Gasteiger partial charge on any atom is 0.283 e. The van der Waals surface area contributed by atoms with Gasteiger partial charge in [0.1, 0.15) is 10.8 Å². The summed E-state index contributed by atoms with van der Waals surface area (Å²) in [5.41, 5.74) is 0.201. The van der Waals surface area contributed by atoms with Crippen LogP contribution in [-0.4, -0.2) is 35.5 Å². The first-order valence-electron chi connectivity index (χ1n) is 8.90. The number of ether oxygens (including phenoxy) is 2. The highest BCUT2D eigenvalue weighted by Gasteiger charge is 2.23. The Balaban J connectivity index is 2.02. The Morgan fingerprint density at radius 1 is 1.48 bits per heavy atom. The molecule has 2 aromatic rings. The maximum absolute atomic E-state index is 12.8. The molecule has 1 aromatic carbocycles. The number of carbonyl (C=O) groups excluding carboxylic acids is 1. The van der Waals surface area contributed by atoms with E-state index in [1.807, 2.05) is 0 Å². The van der Waals surface area contributed by atoms with Gasteiger partial charge in [0.2, 0.25) is 4.80 Å². The Bertz CT molecular complexity index is 892. The minimum absolute atomic E-state index is 0.106. The van der Waals surface area contributed by atoms with Crippen LogP contribution >= 0.6 is 22.9 Å². The summed E-state index contributed by atoms with van der Waals surface area (Å²) in [7, 11) is 1.52. The minimum Gasteiger partial charge on any atom is -0.496 e. The number of hydrogen-bond acceptors (Lipinski definition) is 5. The summed E-state index contributed by atoms with van der Waals surface area (Å²) in [4.78, 5) is 17.7. The van der Waals surface area contributed by atoms with Crippen LogP contribution in [0.4, 0.5) is 0 Å². The zero-order valence-corrected chi connectivity index (χ0v) is 17.6. The largest absolute Gasteiger partial charge is 0.496 e. The number of carbonyl (C=O) groups is 1. The van der Waals surface area contributed by atoms with Crippen LogP contribution < -0.4 is 9.54 Å². The van der Waals surface area contributed by atoms with Crippen LogP contribution in [0.2, 0.25) is 5.02 Å². The maximum atomic E-state index is 12.8. The second kappa shape index (κ2) is 8.12. The quantitative estimate of drug-likeness (QED) is 0.769. The molecule has 0 N–H and O–H groups in total. The zero-order chi connectivity index (χ0) is 19.6. The number of nitrogens with zero attached hydrogens (tertiary/aromatic N) is 3. The lowest BCUT2D eigenvalue weighted by Crippen LogP contribution is -2.25. The monoisotopic (exact) mass is 409 g/mol. The molecule has 27 heavy (non-hydrogen) atoms. The first-order chi connectivity index (χ1) is 12.8. The summed E-state index contributed by atoms with van der Waals surface area (Å²) in [6.45, 7) is 7.63. The van der Waals surface area contributed by atoms with Crippen molar-refractivity contribution in [2.24, 2.45) is 4.99 Å². The van der Waals surface area contributed by atoms with Crippen molar-refractivity contribution < 1.29 is 14.3 Å². The molecule has 1 amide bonds. The molecule has 6 nitrogen and oxygen atoms in total. The van der Waals surface area contributed by atoms with E-state index in [1.54, 1.807) is 22.9 Å². The third-order valence-electron chi connectivity index (χ3n) is 4.25. The Hall–Kier alpha value is -1.70. The van der Waals surface area contributed by atoms with Gasteiger partial charge >= 0.3 is 0 Å². The molecule has 0 spiro atoms. The van der Waals surface area contributed by atoms with Crippen LogP contribution in [0.15, 0.2) is 23.2 Å². The van der Waals surface area contributed by atoms with Crippen molar-refractivity contribution in [3.63, 3.8) is 0 Å². The Morgan fingerprint density at radius 2 is 2.26 bits per heavy atom. The molecule has 0 radical (unpaired) electrons. The van der Waals surface area contributed by atoms with Gasteiger partial charge < -0.3 is 9.47 Å². The van der Waals surface area contributed by atoms with Crippen LogP contribution in [0.1, 0.15) is 49.0 Å². The number of aromatic nitrogens is 2. The van der Waals surface area contributed by atoms with Crippen molar-refractivity contribution >= 4 is 28.8 Å². The van der Waals surface area contributed by atoms with E-state index in [1.165, 1.54) is 18.4 Å². The minimum atomic E-state index is -0.403. The predicted octanol–water partition coefficient (Wildman–Crippen LogP) is 3.82. The molecule has 1 aromatic heterocycles. The van der Waals surface area contributed by atoms with E-state index in [-0.39, 0.29) is 11.5 Å². The average Bonchev–Trinajstić information content (AvgIpc) is 3.25. The van der Waals surface area contributed by atoms with Gasteiger partial charge in [-0.15, -0.1) is 0 Å². The molecule has 1 aliphatic rings. The number of halogens is 1. The molecule has 0 aliphatic carbocycles. The Morgan fingerprint density at radius 3 is 2.89 bits per heavy atom. The highest BCUT2D eigenvalue weighted by atomic mass is 35.5. The van der Waals surface area contributed by atoms with Crippen molar-refractivity contribution in [2.75, 3.05) is 13.7 Å². The Labute approximate surface area is 167 Å². The van der Waals surface area contributed by atoms with Gasteiger partial charge in [-0.3, -0.25) is 4.79 Å². The van der Waals surface area contributed by atoms with Gasteiger partial charge in [-0.05, 0) is 31.0 Å². The van der Waals surface area contributed by atoms with Crippen LogP contribution in [-0.2, 0) is 16.7 Å². The van der Waals surface area contributed by atoms with Gasteiger partial charge in [0.15, 0.2) is 0 Å². The highest BCUT2D eigenvalue weighted by Crippen LogP contribution is 2.25. The van der Waals surface area contributed by atoms with Crippen molar-refractivity contribution in [1.29, 1.82) is 0 Å². The lowest BCUT2D eigenvalue weighted by molar-refractivity contribution is 0.0918. The summed E-state index contributed by atoms with van der Waals surface area (Å²) in [6.07, 6.45) is 2.15. The van der Waals surface area contributed by atoms with E-state index >= 15 is 0 Å². The van der Waals surface area contributed by atoms with E-state index < -0.39 is 5.91 Å². The normalized spacial score (nSPS) is 18.1. The first kappa shape index (κ1) is 20.0. The molecule has 146 valence electrons. The fraction of sp³-hybridized carbons (Fsp3) is 0.526. The summed E-state index contributed by atoms with van der Waals surface area (Å²) in [5, 5.41) is 6.08. The standard InChI is InChI=1S/C19H24ClN3O3S/c1-19(2,3)17-22-23(11-13-6-5-9-26-13)18(27-17)21-16(24)14-10-12(20)7-8-15(14)25-4/h7-8,10,13H,5-6,9,11H2,1-4H3/b21-18-/t13-/m1/s1. The SMILES string of the molecule is COc1ccc(Cl)cc1C(=O)/N=c1\sc(C(C)(C)C)nn1C[C@H]1CCCO1. The van der Waals surface area contributed by atoms with Crippen molar-refractivity contribution in [3.8, 4) is 5.75 Å². The summed E-state index contributed by atoms with van der Waals surface area (Å²) in [6, 6.07) is 4.92. The molecule has 1 fully saturated rings. The van der Waals surface area contributed by atoms with E-state index in [9.17, 15) is 4.79 Å². The topological polar surface area (TPSA) is 65.7 Å². The van der Waals surface area contributed by atoms with E-state index in [4.69, 9.17) is 26.2 Å². The fourth-order valence-corrected chi connectivity index (χ4v) is 3.93. The van der Waals surface area contributed by atoms with Crippen molar-refractivity contribution in [3.05, 3.63) is 38.6 Å². The molecular weight excluding hydrogens is 386 g/mol. The van der Waals surface area contributed by atoms with Gasteiger partial charge in [0, 0.05) is 17.0 Å². The van der Waals surface area contributed by atoms with Crippen LogP contribution in [0.25, 0.3) is 0 Å². The molecule has 3 rings (SSSR count). The van der Waals surface area contributed by atoms with Crippen LogP contribution in [0.5, 0.6) is 5.75 Å². The third-order valence-corrected chi connectivity index (χ3v) is 5.86. The lowest BCUT2D eigenvalue weighted by atomic mass is 9.98. The van der Waals surface area contributed by atoms with Crippen molar-refractivity contribution in [2.45, 2.75) is 51.7 Å². The number of benzene rings is 1. The average molecular weight is 410 g/mol. The molecule has 0 saturated carbocycles.